The summed E-state index contributed by atoms with van der Waals surface area (Å²) < 4.78 is 0. The van der Waals surface area contributed by atoms with Crippen molar-refractivity contribution in [1.82, 2.24) is 5.48 Å². The number of hydrogen-bond acceptors (Lipinski definition) is 3. The summed E-state index contributed by atoms with van der Waals surface area (Å²) in [5, 5.41) is 9.26. The lowest BCUT2D eigenvalue weighted by Crippen LogP contribution is -2.19. The maximum absolute atomic E-state index is 9.26. The average molecular weight is 131 g/mol. The molecule has 0 bridgehead atoms. The topological polar surface area (TPSA) is 41.5 Å². The van der Waals surface area contributed by atoms with Crippen LogP contribution in [0.3, 0.4) is 0 Å². The van der Waals surface area contributed by atoms with Crippen molar-refractivity contribution in [3.05, 3.63) is 0 Å². The maximum atomic E-state index is 9.26. The van der Waals surface area contributed by atoms with Crippen molar-refractivity contribution in [2.75, 3.05) is 13.7 Å². The highest BCUT2D eigenvalue weighted by Crippen LogP contribution is 2.37. The standard InChI is InChI=1S/C6H13NO2/c1-9-7-5-4-6(8)2-3-6/h7-8H,2-5H2,1H3. The van der Waals surface area contributed by atoms with Gasteiger partial charge < -0.3 is 9.94 Å². The molecular formula is C6H13NO2. The van der Waals surface area contributed by atoms with Crippen LogP contribution in [0.5, 0.6) is 0 Å². The van der Waals surface area contributed by atoms with Crippen LogP contribution >= 0.6 is 0 Å². The van der Waals surface area contributed by atoms with E-state index in [1.165, 1.54) is 0 Å². The van der Waals surface area contributed by atoms with Gasteiger partial charge in [-0.1, -0.05) is 0 Å². The molecule has 0 aromatic heterocycles. The summed E-state index contributed by atoms with van der Waals surface area (Å²) in [5.74, 6) is 0. The molecular weight excluding hydrogens is 118 g/mol. The van der Waals surface area contributed by atoms with Crippen molar-refractivity contribution in [2.24, 2.45) is 0 Å². The SMILES string of the molecule is CONCCC1(O)CC1. The molecule has 3 nitrogen and oxygen atoms in total. The molecule has 9 heavy (non-hydrogen) atoms. The molecule has 1 aliphatic rings. The highest BCUT2D eigenvalue weighted by molar-refractivity contribution is 4.93. The Morgan fingerprint density at radius 1 is 1.67 bits per heavy atom. The molecule has 0 aliphatic heterocycles. The summed E-state index contributed by atoms with van der Waals surface area (Å²) in [6.07, 6.45) is 2.72. The summed E-state index contributed by atoms with van der Waals surface area (Å²) in [5.41, 5.74) is 2.34. The molecule has 1 aliphatic carbocycles. The lowest BCUT2D eigenvalue weighted by molar-refractivity contribution is 0.0676. The van der Waals surface area contributed by atoms with Crippen molar-refractivity contribution in [1.29, 1.82) is 0 Å². The first-order chi connectivity index (χ1) is 4.27. The van der Waals surface area contributed by atoms with Gasteiger partial charge in [-0.2, -0.15) is 0 Å². The Morgan fingerprint density at radius 3 is 2.78 bits per heavy atom. The van der Waals surface area contributed by atoms with Gasteiger partial charge in [0.05, 0.1) is 12.7 Å². The van der Waals surface area contributed by atoms with Crippen LogP contribution in [0.1, 0.15) is 19.3 Å². The van der Waals surface area contributed by atoms with Crippen LogP contribution in [-0.2, 0) is 4.84 Å². The molecule has 1 rings (SSSR count). The second kappa shape index (κ2) is 2.64. The third-order valence-electron chi connectivity index (χ3n) is 1.66. The minimum Gasteiger partial charge on any atom is -0.390 e. The van der Waals surface area contributed by atoms with E-state index in [4.69, 9.17) is 0 Å². The first-order valence-electron chi connectivity index (χ1n) is 3.25. The zero-order chi connectivity index (χ0) is 6.74. The Balaban J connectivity index is 1.92. The smallest absolute Gasteiger partial charge is 0.0663 e. The third kappa shape index (κ3) is 2.30. The summed E-state index contributed by atoms with van der Waals surface area (Å²) in [6.45, 7) is 0.743. The van der Waals surface area contributed by atoms with Gasteiger partial charge in [-0.05, 0) is 19.3 Å². The average Bonchev–Trinajstić information content (AvgIpc) is 2.50. The van der Waals surface area contributed by atoms with Crippen LogP contribution in [0, 0.1) is 0 Å². The van der Waals surface area contributed by atoms with Crippen molar-refractivity contribution >= 4 is 0 Å². The van der Waals surface area contributed by atoms with E-state index in [9.17, 15) is 5.11 Å². The van der Waals surface area contributed by atoms with Crippen molar-refractivity contribution in [2.45, 2.75) is 24.9 Å². The Morgan fingerprint density at radius 2 is 2.33 bits per heavy atom. The summed E-state index contributed by atoms with van der Waals surface area (Å²) >= 11 is 0. The van der Waals surface area contributed by atoms with Gasteiger partial charge in [0.1, 0.15) is 0 Å². The van der Waals surface area contributed by atoms with Gasteiger partial charge in [0.2, 0.25) is 0 Å². The number of hydroxylamine groups is 1. The highest BCUT2D eigenvalue weighted by atomic mass is 16.6. The Labute approximate surface area is 55.0 Å². The third-order valence-corrected chi connectivity index (χ3v) is 1.66. The van der Waals surface area contributed by atoms with Crippen molar-refractivity contribution in [3.63, 3.8) is 0 Å². The van der Waals surface area contributed by atoms with Gasteiger partial charge in [-0.3, -0.25) is 0 Å². The molecule has 1 saturated carbocycles. The Hall–Kier alpha value is -0.120. The quantitative estimate of drug-likeness (QED) is 0.418. The van der Waals surface area contributed by atoms with E-state index in [1.54, 1.807) is 7.11 Å². The van der Waals surface area contributed by atoms with Crippen LogP contribution in [0.4, 0.5) is 0 Å². The first-order valence-corrected chi connectivity index (χ1v) is 3.25. The Kier molecular flexibility index (Phi) is 2.05. The highest BCUT2D eigenvalue weighted by Gasteiger charge is 2.39. The summed E-state index contributed by atoms with van der Waals surface area (Å²) in [7, 11) is 1.58. The minimum absolute atomic E-state index is 0.342. The molecule has 0 atom stereocenters. The molecule has 0 radical (unpaired) electrons. The fourth-order valence-corrected chi connectivity index (χ4v) is 0.780. The Bertz CT molecular complexity index is 91.1. The van der Waals surface area contributed by atoms with Gasteiger partial charge in [0, 0.05) is 6.54 Å². The molecule has 0 aromatic rings. The van der Waals surface area contributed by atoms with E-state index < -0.39 is 0 Å². The van der Waals surface area contributed by atoms with Crippen LogP contribution in [0.2, 0.25) is 0 Å². The van der Waals surface area contributed by atoms with E-state index in [2.05, 4.69) is 10.3 Å². The molecule has 0 unspecified atom stereocenters. The number of aliphatic hydroxyl groups is 1. The zero-order valence-electron chi connectivity index (χ0n) is 5.68. The second-order valence-electron chi connectivity index (χ2n) is 2.57. The molecule has 2 N–H and O–H groups in total. The predicted molar refractivity (Wildman–Crippen MR) is 33.8 cm³/mol. The molecule has 54 valence electrons. The maximum Gasteiger partial charge on any atom is 0.0663 e. The normalized spacial score (nSPS) is 22.0. The zero-order valence-corrected chi connectivity index (χ0v) is 5.68. The monoisotopic (exact) mass is 131 g/mol. The van der Waals surface area contributed by atoms with E-state index in [1.807, 2.05) is 0 Å². The lowest BCUT2D eigenvalue weighted by Gasteiger charge is -2.05. The lowest BCUT2D eigenvalue weighted by atomic mass is 10.2. The van der Waals surface area contributed by atoms with E-state index >= 15 is 0 Å². The number of hydrogen-bond donors (Lipinski definition) is 2. The fraction of sp³-hybridized carbons (Fsp3) is 1.00. The minimum atomic E-state index is -0.342. The largest absolute Gasteiger partial charge is 0.390 e. The van der Waals surface area contributed by atoms with Crippen LogP contribution < -0.4 is 5.48 Å². The van der Waals surface area contributed by atoms with Crippen LogP contribution in [-0.4, -0.2) is 24.4 Å². The summed E-state index contributed by atoms with van der Waals surface area (Å²) in [4.78, 5) is 4.60. The van der Waals surface area contributed by atoms with Gasteiger partial charge in [-0.15, -0.1) is 0 Å². The molecule has 0 aromatic carbocycles. The van der Waals surface area contributed by atoms with Gasteiger partial charge >= 0.3 is 0 Å². The van der Waals surface area contributed by atoms with Gasteiger partial charge in [0.25, 0.3) is 0 Å². The van der Waals surface area contributed by atoms with Gasteiger partial charge in [-0.25, -0.2) is 5.48 Å². The van der Waals surface area contributed by atoms with Crippen molar-refractivity contribution < 1.29 is 9.94 Å². The molecule has 3 heteroatoms. The molecule has 0 heterocycles. The molecule has 0 spiro atoms. The molecule has 0 saturated heterocycles. The first kappa shape index (κ1) is 6.99. The van der Waals surface area contributed by atoms with Crippen LogP contribution in [0.15, 0.2) is 0 Å². The van der Waals surface area contributed by atoms with E-state index in [0.29, 0.717) is 0 Å². The number of nitrogens with one attached hydrogen (secondary N) is 1. The van der Waals surface area contributed by atoms with Crippen LogP contribution in [0.25, 0.3) is 0 Å². The van der Waals surface area contributed by atoms with E-state index in [-0.39, 0.29) is 5.60 Å². The van der Waals surface area contributed by atoms with E-state index in [0.717, 1.165) is 25.8 Å². The molecule has 0 amide bonds. The van der Waals surface area contributed by atoms with Gasteiger partial charge in [0.15, 0.2) is 0 Å². The second-order valence-corrected chi connectivity index (χ2v) is 2.57. The van der Waals surface area contributed by atoms with Crippen molar-refractivity contribution in [3.8, 4) is 0 Å². The predicted octanol–water partition coefficient (Wildman–Crippen LogP) is 0.0524. The molecule has 1 fully saturated rings. The summed E-state index contributed by atoms with van der Waals surface area (Å²) in [6, 6.07) is 0. The fourth-order valence-electron chi connectivity index (χ4n) is 0.780. The number of rotatable bonds is 4.